The van der Waals surface area contributed by atoms with E-state index in [0.29, 0.717) is 5.92 Å². The number of amides is 1. The molecular weight excluding hydrogens is 302 g/mol. The largest absolute Gasteiger partial charge is 0.326 e. The zero-order valence-electron chi connectivity index (χ0n) is 11.5. The number of rotatable bonds is 7. The summed E-state index contributed by atoms with van der Waals surface area (Å²) in [7, 11) is 0. The quantitative estimate of drug-likeness (QED) is 0.703. The van der Waals surface area contributed by atoms with Crippen molar-refractivity contribution in [1.82, 2.24) is 0 Å². The summed E-state index contributed by atoms with van der Waals surface area (Å²) in [6.45, 7) is 2.23. The fraction of sp³-hybridized carbons (Fsp3) is 0.562. The van der Waals surface area contributed by atoms with Gasteiger partial charge in [-0.3, -0.25) is 4.79 Å². The van der Waals surface area contributed by atoms with E-state index in [1.807, 2.05) is 24.3 Å². The lowest BCUT2D eigenvalue weighted by molar-refractivity contribution is -0.117. The highest BCUT2D eigenvalue weighted by Crippen LogP contribution is 2.43. The van der Waals surface area contributed by atoms with Gasteiger partial charge in [-0.15, -0.1) is 0 Å². The third kappa shape index (κ3) is 4.64. The van der Waals surface area contributed by atoms with Gasteiger partial charge in [0.05, 0.1) is 0 Å². The number of halogens is 1. The maximum absolute atomic E-state index is 12.0. The molecule has 2 atom stereocenters. The van der Waals surface area contributed by atoms with Gasteiger partial charge in [-0.1, -0.05) is 48.5 Å². The summed E-state index contributed by atoms with van der Waals surface area (Å²) in [5, 5.41) is 3.00. The van der Waals surface area contributed by atoms with Crippen molar-refractivity contribution in [3.63, 3.8) is 0 Å². The molecule has 1 fully saturated rings. The van der Waals surface area contributed by atoms with Gasteiger partial charge >= 0.3 is 0 Å². The summed E-state index contributed by atoms with van der Waals surface area (Å²) >= 11 is 3.39. The molecule has 2 rings (SSSR count). The molecule has 0 spiro atoms. The van der Waals surface area contributed by atoms with Crippen LogP contribution in [0.25, 0.3) is 0 Å². The second-order valence-electron chi connectivity index (χ2n) is 5.45. The fourth-order valence-electron chi connectivity index (χ4n) is 2.49. The first kappa shape index (κ1) is 14.6. The van der Waals surface area contributed by atoms with Crippen molar-refractivity contribution >= 4 is 27.5 Å². The first-order valence-corrected chi connectivity index (χ1v) is 8.06. The van der Waals surface area contributed by atoms with Gasteiger partial charge in [0.15, 0.2) is 0 Å². The first-order chi connectivity index (χ1) is 9.20. The molecule has 0 heterocycles. The van der Waals surface area contributed by atoms with E-state index < -0.39 is 0 Å². The Morgan fingerprint density at radius 3 is 2.68 bits per heavy atom. The van der Waals surface area contributed by atoms with Crippen LogP contribution in [0.15, 0.2) is 28.7 Å². The van der Waals surface area contributed by atoms with E-state index in [1.54, 1.807) is 0 Å². The number of carbonyl (C=O) groups is 1. The number of benzene rings is 1. The van der Waals surface area contributed by atoms with Crippen molar-refractivity contribution in [3.05, 3.63) is 28.7 Å². The summed E-state index contributed by atoms with van der Waals surface area (Å²) in [5.41, 5.74) is 0.893. The van der Waals surface area contributed by atoms with Gasteiger partial charge in [-0.2, -0.15) is 0 Å². The SMILES string of the molecule is CCCCCC[C@@H]1C[C@@H]1C(=O)Nc1ccc(Br)cc1. The minimum absolute atomic E-state index is 0.197. The Kier molecular flexibility index (Phi) is 5.44. The molecular formula is C16H22BrNO. The number of unbranched alkanes of at least 4 members (excludes halogenated alkanes) is 3. The van der Waals surface area contributed by atoms with E-state index in [4.69, 9.17) is 0 Å². The molecule has 0 aromatic heterocycles. The molecule has 0 aliphatic heterocycles. The van der Waals surface area contributed by atoms with Crippen LogP contribution < -0.4 is 5.32 Å². The zero-order chi connectivity index (χ0) is 13.7. The van der Waals surface area contributed by atoms with Crippen molar-refractivity contribution in [1.29, 1.82) is 0 Å². The van der Waals surface area contributed by atoms with E-state index in [2.05, 4.69) is 28.2 Å². The molecule has 19 heavy (non-hydrogen) atoms. The van der Waals surface area contributed by atoms with Crippen LogP contribution in [-0.4, -0.2) is 5.91 Å². The van der Waals surface area contributed by atoms with Crippen molar-refractivity contribution < 1.29 is 4.79 Å². The fourth-order valence-corrected chi connectivity index (χ4v) is 2.75. The molecule has 1 saturated carbocycles. The Hall–Kier alpha value is -0.830. The van der Waals surface area contributed by atoms with Gasteiger partial charge in [0.2, 0.25) is 5.91 Å². The summed E-state index contributed by atoms with van der Waals surface area (Å²) in [4.78, 5) is 12.0. The number of carbonyl (C=O) groups excluding carboxylic acids is 1. The molecule has 0 unspecified atom stereocenters. The van der Waals surface area contributed by atoms with Gasteiger partial charge in [0.1, 0.15) is 0 Å². The highest BCUT2D eigenvalue weighted by Gasteiger charge is 2.41. The van der Waals surface area contributed by atoms with Crippen molar-refractivity contribution in [2.75, 3.05) is 5.32 Å². The minimum Gasteiger partial charge on any atom is -0.326 e. The average Bonchev–Trinajstić information content (AvgIpc) is 3.17. The lowest BCUT2D eigenvalue weighted by Crippen LogP contribution is -2.14. The van der Waals surface area contributed by atoms with E-state index >= 15 is 0 Å². The topological polar surface area (TPSA) is 29.1 Å². The molecule has 2 nitrogen and oxygen atoms in total. The maximum Gasteiger partial charge on any atom is 0.227 e. The number of hydrogen-bond acceptors (Lipinski definition) is 1. The Balaban J connectivity index is 1.69. The third-order valence-electron chi connectivity index (χ3n) is 3.80. The van der Waals surface area contributed by atoms with Crippen molar-refractivity contribution in [2.45, 2.75) is 45.4 Å². The Morgan fingerprint density at radius 2 is 2.00 bits per heavy atom. The first-order valence-electron chi connectivity index (χ1n) is 7.27. The predicted molar refractivity (Wildman–Crippen MR) is 83.1 cm³/mol. The number of anilines is 1. The summed E-state index contributed by atoms with van der Waals surface area (Å²) in [6, 6.07) is 7.76. The molecule has 1 aliphatic carbocycles. The van der Waals surface area contributed by atoms with Gasteiger partial charge in [-0.05, 0) is 43.0 Å². The highest BCUT2D eigenvalue weighted by atomic mass is 79.9. The summed E-state index contributed by atoms with van der Waals surface area (Å²) in [6.07, 6.45) is 7.49. The summed E-state index contributed by atoms with van der Waals surface area (Å²) in [5.74, 6) is 1.08. The molecule has 104 valence electrons. The van der Waals surface area contributed by atoms with Crippen molar-refractivity contribution in [3.8, 4) is 0 Å². The lowest BCUT2D eigenvalue weighted by Gasteiger charge is -2.05. The molecule has 0 radical (unpaired) electrons. The van der Waals surface area contributed by atoms with E-state index in [-0.39, 0.29) is 11.8 Å². The highest BCUT2D eigenvalue weighted by molar-refractivity contribution is 9.10. The lowest BCUT2D eigenvalue weighted by atomic mass is 10.1. The van der Waals surface area contributed by atoms with E-state index in [0.717, 1.165) is 16.6 Å². The molecule has 1 amide bonds. The second-order valence-corrected chi connectivity index (χ2v) is 6.36. The van der Waals surface area contributed by atoms with Gasteiger partial charge in [-0.25, -0.2) is 0 Å². The van der Waals surface area contributed by atoms with Crippen LogP contribution in [0.4, 0.5) is 5.69 Å². The van der Waals surface area contributed by atoms with Gasteiger partial charge < -0.3 is 5.32 Å². The van der Waals surface area contributed by atoms with Gasteiger partial charge in [0.25, 0.3) is 0 Å². The van der Waals surface area contributed by atoms with Crippen LogP contribution in [-0.2, 0) is 4.79 Å². The van der Waals surface area contributed by atoms with Crippen LogP contribution in [0.5, 0.6) is 0 Å². The molecule has 0 saturated heterocycles. The number of nitrogens with one attached hydrogen (secondary N) is 1. The zero-order valence-corrected chi connectivity index (χ0v) is 13.1. The van der Waals surface area contributed by atoms with Crippen LogP contribution in [0.2, 0.25) is 0 Å². The van der Waals surface area contributed by atoms with Crippen LogP contribution in [0, 0.1) is 11.8 Å². The monoisotopic (exact) mass is 323 g/mol. The molecule has 1 N–H and O–H groups in total. The molecule has 3 heteroatoms. The molecule has 0 bridgehead atoms. The molecule has 1 aliphatic rings. The van der Waals surface area contributed by atoms with Crippen molar-refractivity contribution in [2.24, 2.45) is 11.8 Å². The normalized spacial score (nSPS) is 21.2. The average molecular weight is 324 g/mol. The van der Waals surface area contributed by atoms with Crippen LogP contribution >= 0.6 is 15.9 Å². The van der Waals surface area contributed by atoms with E-state index in [9.17, 15) is 4.79 Å². The second kappa shape index (κ2) is 7.09. The summed E-state index contributed by atoms with van der Waals surface area (Å²) < 4.78 is 1.03. The standard InChI is InChI=1S/C16H22BrNO/c1-2-3-4-5-6-12-11-15(12)16(19)18-14-9-7-13(17)8-10-14/h7-10,12,15H,2-6,11H2,1H3,(H,18,19)/t12-,15+/m1/s1. The molecule has 1 aromatic rings. The number of hydrogen-bond donors (Lipinski definition) is 1. The van der Waals surface area contributed by atoms with Gasteiger partial charge in [0, 0.05) is 16.1 Å². The predicted octanol–water partition coefficient (Wildman–Crippen LogP) is 4.99. The maximum atomic E-state index is 12.0. The Morgan fingerprint density at radius 1 is 1.26 bits per heavy atom. The Bertz CT molecular complexity index is 415. The van der Waals surface area contributed by atoms with E-state index in [1.165, 1.54) is 32.1 Å². The minimum atomic E-state index is 0.197. The third-order valence-corrected chi connectivity index (χ3v) is 4.33. The van der Waals surface area contributed by atoms with Crippen LogP contribution in [0.3, 0.4) is 0 Å². The molecule has 1 aromatic carbocycles. The smallest absolute Gasteiger partial charge is 0.227 e. The van der Waals surface area contributed by atoms with Crippen LogP contribution in [0.1, 0.15) is 45.4 Å². The Labute approximate surface area is 124 Å².